The molecular weight excluding hydrogens is 338 g/mol. The van der Waals surface area contributed by atoms with Crippen molar-refractivity contribution >= 4 is 27.5 Å². The van der Waals surface area contributed by atoms with Crippen molar-refractivity contribution in [3.8, 4) is 0 Å². The van der Waals surface area contributed by atoms with E-state index in [0.717, 1.165) is 39.3 Å². The molecule has 0 aliphatic rings. The molecule has 0 spiro atoms. The fraction of sp³-hybridized carbons (Fsp3) is 0.400. The molecule has 1 N–H and O–H groups in total. The van der Waals surface area contributed by atoms with Gasteiger partial charge < -0.3 is 5.32 Å². The Kier molecular flexibility index (Phi) is 5.24. The average molecular weight is 357 g/mol. The van der Waals surface area contributed by atoms with Gasteiger partial charge in [0.25, 0.3) is 0 Å². The molecule has 3 nitrogen and oxygen atoms in total. The molecule has 1 unspecified atom stereocenters. The maximum Gasteiger partial charge on any atom is 0.0760 e. The molecule has 0 amide bonds. The summed E-state index contributed by atoms with van der Waals surface area (Å²) in [4.78, 5) is 0. The predicted molar refractivity (Wildman–Crippen MR) is 87.2 cm³/mol. The van der Waals surface area contributed by atoms with E-state index in [4.69, 9.17) is 11.6 Å². The van der Waals surface area contributed by atoms with Crippen LogP contribution in [0.5, 0.6) is 0 Å². The summed E-state index contributed by atoms with van der Waals surface area (Å²) in [6.07, 6.45) is 2.90. The fourth-order valence-electron chi connectivity index (χ4n) is 2.19. The van der Waals surface area contributed by atoms with Gasteiger partial charge in [-0.3, -0.25) is 4.68 Å². The van der Waals surface area contributed by atoms with Crippen molar-refractivity contribution in [3.63, 3.8) is 0 Å². The molecule has 1 atom stereocenters. The fourth-order valence-corrected chi connectivity index (χ4v) is 2.96. The summed E-state index contributed by atoms with van der Waals surface area (Å²) in [5.41, 5.74) is 3.35. The molecule has 108 valence electrons. The Morgan fingerprint density at radius 2 is 2.20 bits per heavy atom. The van der Waals surface area contributed by atoms with Gasteiger partial charge >= 0.3 is 0 Å². The zero-order valence-electron chi connectivity index (χ0n) is 12.0. The van der Waals surface area contributed by atoms with Gasteiger partial charge in [0.2, 0.25) is 0 Å². The van der Waals surface area contributed by atoms with E-state index < -0.39 is 0 Å². The van der Waals surface area contributed by atoms with E-state index in [0.29, 0.717) is 0 Å². The number of rotatable bonds is 5. The molecule has 0 saturated carbocycles. The van der Waals surface area contributed by atoms with E-state index in [1.165, 1.54) is 0 Å². The molecule has 1 aromatic heterocycles. The Hall–Kier alpha value is -0.840. The number of hydrogen-bond acceptors (Lipinski definition) is 2. The van der Waals surface area contributed by atoms with Crippen LogP contribution in [0.15, 0.2) is 28.9 Å². The second-order valence-electron chi connectivity index (χ2n) is 4.90. The molecular formula is C15H19BrClN3. The lowest BCUT2D eigenvalue weighted by molar-refractivity contribution is 0.552. The molecule has 0 aliphatic heterocycles. The van der Waals surface area contributed by atoms with Crippen LogP contribution in [0, 0.1) is 6.92 Å². The van der Waals surface area contributed by atoms with E-state index in [1.807, 2.05) is 30.9 Å². The summed E-state index contributed by atoms with van der Waals surface area (Å²) in [7, 11) is 1.95. The first-order chi connectivity index (χ1) is 9.54. The van der Waals surface area contributed by atoms with Crippen LogP contribution in [0.4, 0.5) is 0 Å². The molecule has 0 fully saturated rings. The lowest BCUT2D eigenvalue weighted by atomic mass is 10.0. The summed E-state index contributed by atoms with van der Waals surface area (Å²) in [5, 5.41) is 8.67. The summed E-state index contributed by atoms with van der Waals surface area (Å²) < 4.78 is 2.90. The minimum absolute atomic E-state index is 0.0786. The molecule has 20 heavy (non-hydrogen) atoms. The molecule has 0 aliphatic carbocycles. The molecule has 1 aromatic carbocycles. The Morgan fingerprint density at radius 3 is 2.75 bits per heavy atom. The highest BCUT2D eigenvalue weighted by Crippen LogP contribution is 2.30. The van der Waals surface area contributed by atoms with E-state index in [2.05, 4.69) is 45.4 Å². The van der Waals surface area contributed by atoms with Gasteiger partial charge in [-0.1, -0.05) is 30.7 Å². The third-order valence-electron chi connectivity index (χ3n) is 3.34. The molecule has 2 aromatic rings. The SMILES string of the molecule is CCCNC(c1ccc(C)c(Cl)c1)c1c(Br)cnn1C. The van der Waals surface area contributed by atoms with Crippen LogP contribution in [-0.4, -0.2) is 16.3 Å². The first-order valence-electron chi connectivity index (χ1n) is 6.71. The summed E-state index contributed by atoms with van der Waals surface area (Å²) in [6.45, 7) is 5.11. The highest BCUT2D eigenvalue weighted by atomic mass is 79.9. The third kappa shape index (κ3) is 3.25. The van der Waals surface area contributed by atoms with Gasteiger partial charge in [-0.2, -0.15) is 5.10 Å². The quantitative estimate of drug-likeness (QED) is 0.868. The second-order valence-corrected chi connectivity index (χ2v) is 6.16. The maximum atomic E-state index is 6.27. The average Bonchev–Trinajstić information content (AvgIpc) is 2.75. The summed E-state index contributed by atoms with van der Waals surface area (Å²) >= 11 is 9.85. The number of aryl methyl sites for hydroxylation is 2. The van der Waals surface area contributed by atoms with Crippen LogP contribution in [-0.2, 0) is 7.05 Å². The summed E-state index contributed by atoms with van der Waals surface area (Å²) in [5.74, 6) is 0. The predicted octanol–water partition coefficient (Wildman–Crippen LogP) is 4.23. The van der Waals surface area contributed by atoms with Crippen molar-refractivity contribution in [3.05, 3.63) is 50.7 Å². The smallest absolute Gasteiger partial charge is 0.0760 e. The van der Waals surface area contributed by atoms with E-state index in [9.17, 15) is 0 Å². The van der Waals surface area contributed by atoms with Crippen LogP contribution in [0.25, 0.3) is 0 Å². The van der Waals surface area contributed by atoms with Crippen LogP contribution in [0.1, 0.15) is 36.2 Å². The second kappa shape index (κ2) is 6.74. The van der Waals surface area contributed by atoms with Crippen molar-refractivity contribution < 1.29 is 0 Å². The van der Waals surface area contributed by atoms with Gasteiger partial charge in [0.05, 0.1) is 22.4 Å². The van der Waals surface area contributed by atoms with E-state index >= 15 is 0 Å². The molecule has 0 radical (unpaired) electrons. The van der Waals surface area contributed by atoms with Crippen LogP contribution < -0.4 is 5.32 Å². The Labute approximate surface area is 133 Å². The maximum absolute atomic E-state index is 6.27. The Balaban J connectivity index is 2.44. The number of hydrogen-bond donors (Lipinski definition) is 1. The van der Waals surface area contributed by atoms with Crippen LogP contribution in [0.2, 0.25) is 5.02 Å². The van der Waals surface area contributed by atoms with Crippen molar-refractivity contribution in [2.45, 2.75) is 26.3 Å². The van der Waals surface area contributed by atoms with E-state index in [1.54, 1.807) is 0 Å². The topological polar surface area (TPSA) is 29.9 Å². The minimum atomic E-state index is 0.0786. The number of benzene rings is 1. The number of nitrogens with zero attached hydrogens (tertiary/aromatic N) is 2. The van der Waals surface area contributed by atoms with Crippen LogP contribution >= 0.6 is 27.5 Å². The lowest BCUT2D eigenvalue weighted by Crippen LogP contribution is -2.25. The van der Waals surface area contributed by atoms with Crippen molar-refractivity contribution in [1.29, 1.82) is 0 Å². The molecule has 0 saturated heterocycles. The standard InChI is InChI=1S/C15H19BrClN3/c1-4-7-18-14(15-12(16)9-19-20(15)3)11-6-5-10(2)13(17)8-11/h5-6,8-9,14,18H,4,7H2,1-3H3. The zero-order chi connectivity index (χ0) is 14.7. The van der Waals surface area contributed by atoms with Crippen molar-refractivity contribution in [2.24, 2.45) is 7.05 Å². The van der Waals surface area contributed by atoms with Gasteiger partial charge in [-0.25, -0.2) is 0 Å². The highest BCUT2D eigenvalue weighted by molar-refractivity contribution is 9.10. The van der Waals surface area contributed by atoms with E-state index in [-0.39, 0.29) is 6.04 Å². The number of halogens is 2. The number of nitrogens with one attached hydrogen (secondary N) is 1. The molecule has 5 heteroatoms. The largest absolute Gasteiger partial charge is 0.305 e. The van der Waals surface area contributed by atoms with Crippen LogP contribution in [0.3, 0.4) is 0 Å². The van der Waals surface area contributed by atoms with Gasteiger partial charge in [0.1, 0.15) is 0 Å². The Bertz CT molecular complexity index is 575. The monoisotopic (exact) mass is 355 g/mol. The van der Waals surface area contributed by atoms with Crippen molar-refractivity contribution in [2.75, 3.05) is 6.54 Å². The van der Waals surface area contributed by atoms with Gasteiger partial charge in [-0.05, 0) is 53.0 Å². The Morgan fingerprint density at radius 1 is 1.45 bits per heavy atom. The zero-order valence-corrected chi connectivity index (χ0v) is 14.3. The molecule has 2 rings (SSSR count). The van der Waals surface area contributed by atoms with Gasteiger partial charge in [0.15, 0.2) is 0 Å². The minimum Gasteiger partial charge on any atom is -0.305 e. The lowest BCUT2D eigenvalue weighted by Gasteiger charge is -2.20. The first kappa shape index (κ1) is 15.5. The third-order valence-corrected chi connectivity index (χ3v) is 4.36. The highest BCUT2D eigenvalue weighted by Gasteiger charge is 2.20. The molecule has 1 heterocycles. The molecule has 0 bridgehead atoms. The van der Waals surface area contributed by atoms with Crippen molar-refractivity contribution in [1.82, 2.24) is 15.1 Å². The normalized spacial score (nSPS) is 12.7. The van der Waals surface area contributed by atoms with Gasteiger partial charge in [0, 0.05) is 12.1 Å². The summed E-state index contributed by atoms with van der Waals surface area (Å²) in [6, 6.07) is 6.29. The van der Waals surface area contributed by atoms with Gasteiger partial charge in [-0.15, -0.1) is 0 Å². The first-order valence-corrected chi connectivity index (χ1v) is 7.88. The number of aromatic nitrogens is 2.